The largest absolute Gasteiger partial charge is 0.490 e. The number of hydrogen-bond donors (Lipinski definition) is 1. The molecule has 0 aliphatic heterocycles. The lowest BCUT2D eigenvalue weighted by molar-refractivity contribution is 0.100. The van der Waals surface area contributed by atoms with Crippen molar-refractivity contribution in [3.05, 3.63) is 29.8 Å². The number of nitrogens with one attached hydrogen (secondary N) is 1. The zero-order chi connectivity index (χ0) is 15.2. The third-order valence-corrected chi connectivity index (χ3v) is 4.91. The normalized spacial score (nSPS) is 27.3. The summed E-state index contributed by atoms with van der Waals surface area (Å²) in [5.74, 6) is 2.65. The third kappa shape index (κ3) is 4.74. The molecule has 0 aromatic heterocycles. The summed E-state index contributed by atoms with van der Waals surface area (Å²) in [6.07, 6.45) is 5.23. The second-order valence-corrected chi connectivity index (χ2v) is 6.76. The molecule has 118 valence electrons. The summed E-state index contributed by atoms with van der Waals surface area (Å²) in [5.41, 5.74) is 1.32. The molecule has 0 spiro atoms. The van der Waals surface area contributed by atoms with E-state index in [0.29, 0.717) is 12.1 Å². The highest BCUT2D eigenvalue weighted by Gasteiger charge is 2.25. The smallest absolute Gasteiger partial charge is 0.120 e. The van der Waals surface area contributed by atoms with Crippen molar-refractivity contribution in [3.8, 4) is 5.75 Å². The van der Waals surface area contributed by atoms with Crippen LogP contribution in [0.3, 0.4) is 0 Å². The minimum atomic E-state index is 0.388. The van der Waals surface area contributed by atoms with Crippen LogP contribution in [0.2, 0.25) is 0 Å². The van der Waals surface area contributed by atoms with Crippen LogP contribution in [0.4, 0.5) is 0 Å². The quantitative estimate of drug-likeness (QED) is 0.800. The lowest BCUT2D eigenvalue weighted by Gasteiger charge is -2.32. The molecule has 0 bridgehead atoms. The third-order valence-electron chi connectivity index (χ3n) is 4.91. The topological polar surface area (TPSA) is 21.3 Å². The Balaban J connectivity index is 1.94. The van der Waals surface area contributed by atoms with Crippen LogP contribution in [0.5, 0.6) is 5.75 Å². The van der Waals surface area contributed by atoms with E-state index in [0.717, 1.165) is 24.1 Å². The van der Waals surface area contributed by atoms with Crippen LogP contribution in [0.15, 0.2) is 24.3 Å². The SMILES string of the molecule is CCCNC(C)c1cccc(OC2CCC(C)C(C)C2)c1. The van der Waals surface area contributed by atoms with E-state index < -0.39 is 0 Å². The fourth-order valence-electron chi connectivity index (χ4n) is 3.13. The van der Waals surface area contributed by atoms with E-state index in [1.165, 1.54) is 31.2 Å². The molecule has 1 aromatic carbocycles. The fraction of sp³-hybridized carbons (Fsp3) is 0.684. The van der Waals surface area contributed by atoms with Crippen molar-refractivity contribution in [2.75, 3.05) is 6.54 Å². The van der Waals surface area contributed by atoms with Gasteiger partial charge in [0, 0.05) is 6.04 Å². The van der Waals surface area contributed by atoms with Gasteiger partial charge in [-0.3, -0.25) is 0 Å². The second kappa shape index (κ2) is 7.84. The van der Waals surface area contributed by atoms with Crippen LogP contribution in [-0.2, 0) is 0 Å². The summed E-state index contributed by atoms with van der Waals surface area (Å²) in [6.45, 7) is 10.2. The fourth-order valence-corrected chi connectivity index (χ4v) is 3.13. The first-order chi connectivity index (χ1) is 10.1. The molecular formula is C19H31NO. The summed E-state index contributed by atoms with van der Waals surface area (Å²) in [4.78, 5) is 0. The molecule has 1 N–H and O–H groups in total. The van der Waals surface area contributed by atoms with Crippen LogP contribution in [0.25, 0.3) is 0 Å². The molecule has 4 atom stereocenters. The molecule has 1 saturated carbocycles. The second-order valence-electron chi connectivity index (χ2n) is 6.76. The molecule has 0 heterocycles. The molecule has 0 radical (unpaired) electrons. The van der Waals surface area contributed by atoms with Gasteiger partial charge in [0.2, 0.25) is 0 Å². The predicted molar refractivity (Wildman–Crippen MR) is 89.7 cm³/mol. The van der Waals surface area contributed by atoms with Crippen molar-refractivity contribution in [1.82, 2.24) is 5.32 Å². The summed E-state index contributed by atoms with van der Waals surface area (Å²) < 4.78 is 6.24. The first kappa shape index (κ1) is 16.4. The van der Waals surface area contributed by atoms with Crippen molar-refractivity contribution in [2.45, 2.75) is 65.5 Å². The Morgan fingerprint density at radius 1 is 1.24 bits per heavy atom. The molecule has 4 unspecified atom stereocenters. The molecule has 21 heavy (non-hydrogen) atoms. The summed E-state index contributed by atoms with van der Waals surface area (Å²) >= 11 is 0. The van der Waals surface area contributed by atoms with Crippen LogP contribution in [0, 0.1) is 11.8 Å². The first-order valence-electron chi connectivity index (χ1n) is 8.60. The van der Waals surface area contributed by atoms with Crippen LogP contribution < -0.4 is 10.1 Å². The molecule has 2 heteroatoms. The molecule has 2 nitrogen and oxygen atoms in total. The maximum atomic E-state index is 6.24. The van der Waals surface area contributed by atoms with Crippen molar-refractivity contribution < 1.29 is 4.74 Å². The van der Waals surface area contributed by atoms with E-state index in [2.05, 4.69) is 57.3 Å². The average molecular weight is 289 g/mol. The van der Waals surface area contributed by atoms with Gasteiger partial charge < -0.3 is 10.1 Å². The number of benzene rings is 1. The van der Waals surface area contributed by atoms with E-state index in [1.807, 2.05) is 0 Å². The van der Waals surface area contributed by atoms with Crippen LogP contribution in [-0.4, -0.2) is 12.6 Å². The Morgan fingerprint density at radius 3 is 2.76 bits per heavy atom. The van der Waals surface area contributed by atoms with Crippen molar-refractivity contribution in [2.24, 2.45) is 11.8 Å². The zero-order valence-corrected chi connectivity index (χ0v) is 14.1. The molecule has 0 saturated heterocycles. The molecule has 1 aliphatic rings. The number of ether oxygens (including phenoxy) is 1. The Hall–Kier alpha value is -1.02. The van der Waals surface area contributed by atoms with E-state index in [4.69, 9.17) is 4.74 Å². The van der Waals surface area contributed by atoms with Gasteiger partial charge in [0.25, 0.3) is 0 Å². The van der Waals surface area contributed by atoms with E-state index in [9.17, 15) is 0 Å². The molecule has 1 fully saturated rings. The van der Waals surface area contributed by atoms with Gasteiger partial charge in [-0.05, 0) is 68.7 Å². The van der Waals surface area contributed by atoms with Gasteiger partial charge in [0.05, 0.1) is 6.10 Å². The maximum Gasteiger partial charge on any atom is 0.120 e. The number of hydrogen-bond acceptors (Lipinski definition) is 2. The highest BCUT2D eigenvalue weighted by molar-refractivity contribution is 5.30. The highest BCUT2D eigenvalue weighted by Crippen LogP contribution is 2.32. The Labute approximate surface area is 130 Å². The standard InChI is InChI=1S/C19H31NO/c1-5-11-20-16(4)17-7-6-8-18(13-17)21-19-10-9-14(2)15(3)12-19/h6-8,13-16,19-20H,5,9-12H2,1-4H3. The van der Waals surface area contributed by atoms with Crippen molar-refractivity contribution in [1.29, 1.82) is 0 Å². The highest BCUT2D eigenvalue weighted by atomic mass is 16.5. The monoisotopic (exact) mass is 289 g/mol. The van der Waals surface area contributed by atoms with Gasteiger partial charge in [-0.2, -0.15) is 0 Å². The predicted octanol–water partition coefficient (Wildman–Crippen LogP) is 4.95. The lowest BCUT2D eigenvalue weighted by atomic mass is 9.80. The van der Waals surface area contributed by atoms with Gasteiger partial charge >= 0.3 is 0 Å². The minimum Gasteiger partial charge on any atom is -0.490 e. The summed E-state index contributed by atoms with van der Waals surface area (Å²) in [5, 5.41) is 3.54. The van der Waals surface area contributed by atoms with Crippen LogP contribution in [0.1, 0.15) is 65.0 Å². The Bertz CT molecular complexity index is 431. The van der Waals surface area contributed by atoms with Crippen molar-refractivity contribution >= 4 is 0 Å². The molecule has 2 rings (SSSR count). The zero-order valence-electron chi connectivity index (χ0n) is 14.1. The average Bonchev–Trinajstić information content (AvgIpc) is 2.49. The Morgan fingerprint density at radius 2 is 2.05 bits per heavy atom. The Kier molecular flexibility index (Phi) is 6.10. The summed E-state index contributed by atoms with van der Waals surface area (Å²) in [6, 6.07) is 8.99. The van der Waals surface area contributed by atoms with Gasteiger partial charge in [-0.1, -0.05) is 32.9 Å². The van der Waals surface area contributed by atoms with E-state index in [-0.39, 0.29) is 0 Å². The summed E-state index contributed by atoms with van der Waals surface area (Å²) in [7, 11) is 0. The van der Waals surface area contributed by atoms with Gasteiger partial charge in [-0.25, -0.2) is 0 Å². The first-order valence-corrected chi connectivity index (χ1v) is 8.60. The van der Waals surface area contributed by atoms with Gasteiger partial charge in [0.15, 0.2) is 0 Å². The molecular weight excluding hydrogens is 258 g/mol. The molecule has 1 aliphatic carbocycles. The van der Waals surface area contributed by atoms with Gasteiger partial charge in [-0.15, -0.1) is 0 Å². The van der Waals surface area contributed by atoms with Crippen LogP contribution >= 0.6 is 0 Å². The lowest BCUT2D eigenvalue weighted by Crippen LogP contribution is -2.28. The van der Waals surface area contributed by atoms with Crippen molar-refractivity contribution in [3.63, 3.8) is 0 Å². The van der Waals surface area contributed by atoms with E-state index in [1.54, 1.807) is 0 Å². The van der Waals surface area contributed by atoms with Gasteiger partial charge in [0.1, 0.15) is 5.75 Å². The number of rotatable bonds is 6. The molecule has 0 amide bonds. The minimum absolute atomic E-state index is 0.388. The maximum absolute atomic E-state index is 6.24. The van der Waals surface area contributed by atoms with E-state index >= 15 is 0 Å². The molecule has 1 aromatic rings.